The highest BCUT2D eigenvalue weighted by atomic mass is 32.1. The van der Waals surface area contributed by atoms with Crippen LogP contribution in [0.15, 0.2) is 47.3 Å². The molecule has 0 radical (unpaired) electrons. The summed E-state index contributed by atoms with van der Waals surface area (Å²) < 4.78 is 1.70. The summed E-state index contributed by atoms with van der Waals surface area (Å²) >= 11 is 1.56. The number of fused-ring (bicyclic) bond motifs is 2. The number of benzene rings is 2. The number of ketones is 1. The zero-order chi connectivity index (χ0) is 19.8. The van der Waals surface area contributed by atoms with Crippen molar-refractivity contribution < 1.29 is 4.79 Å². The molecule has 0 fully saturated rings. The number of thiophene rings is 1. The van der Waals surface area contributed by atoms with Gasteiger partial charge in [0.05, 0.1) is 5.39 Å². The Bertz CT molecular complexity index is 1260. The first-order valence-corrected chi connectivity index (χ1v) is 10.2. The summed E-state index contributed by atoms with van der Waals surface area (Å²) in [6.45, 7) is 5.91. The third kappa shape index (κ3) is 3.27. The van der Waals surface area contributed by atoms with Gasteiger partial charge < -0.3 is 0 Å². The van der Waals surface area contributed by atoms with E-state index in [1.165, 1.54) is 5.39 Å². The van der Waals surface area contributed by atoms with Gasteiger partial charge in [-0.3, -0.25) is 14.2 Å². The fourth-order valence-corrected chi connectivity index (χ4v) is 4.66. The Hall–Kier alpha value is -2.79. The van der Waals surface area contributed by atoms with Crippen LogP contribution in [0.4, 0.5) is 0 Å². The molecule has 142 valence electrons. The van der Waals surface area contributed by atoms with Crippen LogP contribution in [-0.4, -0.2) is 15.3 Å². The molecule has 2 heterocycles. The molecule has 0 unspecified atom stereocenters. The maximum absolute atomic E-state index is 13.3. The van der Waals surface area contributed by atoms with Crippen LogP contribution < -0.4 is 5.56 Å². The molecule has 0 saturated heterocycles. The first-order chi connectivity index (χ1) is 13.5. The van der Waals surface area contributed by atoms with E-state index in [2.05, 4.69) is 24.3 Å². The van der Waals surface area contributed by atoms with Gasteiger partial charge in [-0.15, -0.1) is 11.3 Å². The predicted octanol–water partition coefficient (Wildman–Crippen LogP) is 4.80. The Labute approximate surface area is 167 Å². The van der Waals surface area contributed by atoms with Crippen LogP contribution in [-0.2, 0) is 17.8 Å². The standard InChI is InChI=1S/C23H22N2O2S/c1-14(26)11-12-25-20(24-22-21(23(25)27)15(2)16(3)28-22)13-18-9-6-8-17-7-4-5-10-19(17)18/h4-10H,11-13H2,1-3H3. The van der Waals surface area contributed by atoms with E-state index in [0.717, 1.165) is 32.0 Å². The summed E-state index contributed by atoms with van der Waals surface area (Å²) in [5, 5.41) is 3.02. The molecule has 0 N–H and O–H groups in total. The van der Waals surface area contributed by atoms with Crippen molar-refractivity contribution in [3.8, 4) is 0 Å². The molecule has 28 heavy (non-hydrogen) atoms. The fourth-order valence-electron chi connectivity index (χ4n) is 3.62. The molecule has 5 heteroatoms. The van der Waals surface area contributed by atoms with Gasteiger partial charge in [0.25, 0.3) is 5.56 Å². The van der Waals surface area contributed by atoms with Crippen LogP contribution in [0, 0.1) is 13.8 Å². The average molecular weight is 391 g/mol. The van der Waals surface area contributed by atoms with E-state index >= 15 is 0 Å². The van der Waals surface area contributed by atoms with Crippen molar-refractivity contribution in [1.82, 2.24) is 9.55 Å². The van der Waals surface area contributed by atoms with Crippen LogP contribution in [0.1, 0.15) is 35.2 Å². The fraction of sp³-hybridized carbons (Fsp3) is 0.261. The minimum absolute atomic E-state index is 0.0386. The van der Waals surface area contributed by atoms with Crippen LogP contribution in [0.2, 0.25) is 0 Å². The highest BCUT2D eigenvalue weighted by Crippen LogP contribution is 2.27. The van der Waals surface area contributed by atoms with Crippen molar-refractivity contribution in [1.29, 1.82) is 0 Å². The second-order valence-corrected chi connectivity index (χ2v) is 8.42. The SMILES string of the molecule is CC(=O)CCn1c(Cc2cccc3ccccc23)nc2sc(C)c(C)c2c1=O. The normalized spacial score (nSPS) is 11.4. The number of hydrogen-bond acceptors (Lipinski definition) is 4. The maximum atomic E-state index is 13.3. The highest BCUT2D eigenvalue weighted by molar-refractivity contribution is 7.18. The van der Waals surface area contributed by atoms with E-state index in [1.54, 1.807) is 22.8 Å². The minimum Gasteiger partial charge on any atom is -0.300 e. The van der Waals surface area contributed by atoms with E-state index in [9.17, 15) is 9.59 Å². The smallest absolute Gasteiger partial charge is 0.262 e. The number of aromatic nitrogens is 2. The van der Waals surface area contributed by atoms with Gasteiger partial charge in [0.1, 0.15) is 16.4 Å². The monoisotopic (exact) mass is 390 g/mol. The van der Waals surface area contributed by atoms with E-state index in [4.69, 9.17) is 4.98 Å². The van der Waals surface area contributed by atoms with Crippen molar-refractivity contribution in [3.63, 3.8) is 0 Å². The number of aryl methyl sites for hydroxylation is 2. The number of hydrogen-bond donors (Lipinski definition) is 0. The quantitative estimate of drug-likeness (QED) is 0.492. The second kappa shape index (κ2) is 7.32. The number of carbonyl (C=O) groups excluding carboxylic acids is 1. The molecule has 0 aliphatic rings. The molecule has 0 spiro atoms. The van der Waals surface area contributed by atoms with E-state index in [-0.39, 0.29) is 11.3 Å². The van der Waals surface area contributed by atoms with Gasteiger partial charge in [-0.2, -0.15) is 0 Å². The summed E-state index contributed by atoms with van der Waals surface area (Å²) in [6.07, 6.45) is 0.887. The minimum atomic E-state index is -0.0386. The molecule has 2 aromatic heterocycles. The number of rotatable bonds is 5. The van der Waals surface area contributed by atoms with E-state index in [1.807, 2.05) is 32.0 Å². The third-order valence-electron chi connectivity index (χ3n) is 5.28. The number of Topliss-reactive ketones (excluding diaryl/α,β-unsaturated/α-hetero) is 1. The van der Waals surface area contributed by atoms with Crippen molar-refractivity contribution in [2.75, 3.05) is 0 Å². The zero-order valence-electron chi connectivity index (χ0n) is 16.3. The van der Waals surface area contributed by atoms with Crippen molar-refractivity contribution in [3.05, 3.63) is 74.6 Å². The van der Waals surface area contributed by atoms with E-state index in [0.29, 0.717) is 24.8 Å². The van der Waals surface area contributed by atoms with Crippen LogP contribution in [0.25, 0.3) is 21.0 Å². The summed E-state index contributed by atoms with van der Waals surface area (Å²) in [4.78, 5) is 31.6. The first kappa shape index (κ1) is 18.6. The number of carbonyl (C=O) groups is 1. The molecule has 0 bridgehead atoms. The lowest BCUT2D eigenvalue weighted by atomic mass is 10.0. The zero-order valence-corrected chi connectivity index (χ0v) is 17.1. The van der Waals surface area contributed by atoms with Gasteiger partial charge in [-0.05, 0) is 42.7 Å². The van der Waals surface area contributed by atoms with Crippen molar-refractivity contribution in [2.24, 2.45) is 0 Å². The lowest BCUT2D eigenvalue weighted by Crippen LogP contribution is -2.26. The van der Waals surface area contributed by atoms with Gasteiger partial charge >= 0.3 is 0 Å². The van der Waals surface area contributed by atoms with Crippen LogP contribution >= 0.6 is 11.3 Å². The van der Waals surface area contributed by atoms with Gasteiger partial charge in [-0.1, -0.05) is 42.5 Å². The number of nitrogens with zero attached hydrogens (tertiary/aromatic N) is 2. The molecule has 4 aromatic rings. The molecular weight excluding hydrogens is 368 g/mol. The maximum Gasteiger partial charge on any atom is 0.262 e. The third-order valence-corrected chi connectivity index (χ3v) is 6.39. The topological polar surface area (TPSA) is 52.0 Å². The molecule has 0 aliphatic carbocycles. The predicted molar refractivity (Wildman–Crippen MR) is 115 cm³/mol. The molecule has 4 rings (SSSR count). The van der Waals surface area contributed by atoms with Crippen LogP contribution in [0.3, 0.4) is 0 Å². The molecule has 0 atom stereocenters. The van der Waals surface area contributed by atoms with Crippen molar-refractivity contribution >= 4 is 38.1 Å². The van der Waals surface area contributed by atoms with Crippen molar-refractivity contribution in [2.45, 2.75) is 40.2 Å². The molecule has 2 aromatic carbocycles. The largest absolute Gasteiger partial charge is 0.300 e. The molecular formula is C23H22N2O2S. The van der Waals surface area contributed by atoms with Crippen LogP contribution in [0.5, 0.6) is 0 Å². The lowest BCUT2D eigenvalue weighted by molar-refractivity contribution is -0.117. The first-order valence-electron chi connectivity index (χ1n) is 9.41. The summed E-state index contributed by atoms with van der Waals surface area (Å²) in [5.74, 6) is 0.790. The Morgan fingerprint density at radius 2 is 1.86 bits per heavy atom. The Kier molecular flexibility index (Phi) is 4.85. The molecule has 0 saturated carbocycles. The molecule has 0 aliphatic heterocycles. The van der Waals surface area contributed by atoms with Gasteiger partial charge in [0.2, 0.25) is 0 Å². The summed E-state index contributed by atoms with van der Waals surface area (Å²) in [5.41, 5.74) is 2.08. The summed E-state index contributed by atoms with van der Waals surface area (Å²) in [6, 6.07) is 14.4. The van der Waals surface area contributed by atoms with Gasteiger partial charge in [0, 0.05) is 24.3 Å². The Morgan fingerprint density at radius 1 is 1.11 bits per heavy atom. The molecule has 4 nitrogen and oxygen atoms in total. The molecule has 0 amide bonds. The average Bonchev–Trinajstić information content (AvgIpc) is 2.95. The Balaban J connectivity index is 1.90. The Morgan fingerprint density at radius 3 is 2.64 bits per heavy atom. The van der Waals surface area contributed by atoms with E-state index < -0.39 is 0 Å². The highest BCUT2D eigenvalue weighted by Gasteiger charge is 2.17. The van der Waals surface area contributed by atoms with Gasteiger partial charge in [0.15, 0.2) is 0 Å². The second-order valence-electron chi connectivity index (χ2n) is 7.22. The summed E-state index contributed by atoms with van der Waals surface area (Å²) in [7, 11) is 0. The van der Waals surface area contributed by atoms with Gasteiger partial charge in [-0.25, -0.2) is 4.98 Å². The lowest BCUT2D eigenvalue weighted by Gasteiger charge is -2.13.